The van der Waals surface area contributed by atoms with Crippen LogP contribution < -0.4 is 5.32 Å². The molecule has 0 unspecified atom stereocenters. The first-order valence-corrected chi connectivity index (χ1v) is 6.90. The van der Waals surface area contributed by atoms with Gasteiger partial charge in [0.1, 0.15) is 5.15 Å². The highest BCUT2D eigenvalue weighted by molar-refractivity contribution is 6.30. The van der Waals surface area contributed by atoms with Crippen LogP contribution in [0.4, 0.5) is 0 Å². The molecular weight excluding hydrogens is 248 g/mol. The molecule has 1 aromatic heterocycles. The number of nitrogens with one attached hydrogen (secondary N) is 1. The van der Waals surface area contributed by atoms with Gasteiger partial charge in [-0.05, 0) is 47.3 Å². The Kier molecular flexibility index (Phi) is 6.12. The smallest absolute Gasteiger partial charge is 0.131 e. The summed E-state index contributed by atoms with van der Waals surface area (Å²) in [5.74, 6) is 0. The van der Waals surface area contributed by atoms with Crippen LogP contribution in [0, 0.1) is 6.92 Å². The average molecular weight is 273 g/mol. The molecule has 0 bridgehead atoms. The van der Waals surface area contributed by atoms with E-state index in [0.29, 0.717) is 6.04 Å². The third-order valence-corrected chi connectivity index (χ3v) is 3.79. The molecule has 0 saturated heterocycles. The molecule has 0 aliphatic heterocycles. The summed E-state index contributed by atoms with van der Waals surface area (Å²) in [6, 6.07) is 0.611. The number of hydrogen-bond donors (Lipinski definition) is 1. The Morgan fingerprint density at radius 1 is 1.44 bits per heavy atom. The standard InChI is InChI=1S/C13H25ClN4/c1-10(2)17(4)8-6-7-15-9-12-11(3)16-18(5)13(12)14/h10,15H,6-9H2,1-5H3. The van der Waals surface area contributed by atoms with E-state index in [1.54, 1.807) is 4.68 Å². The molecule has 0 saturated carbocycles. The normalized spacial score (nSPS) is 11.8. The molecule has 5 heteroatoms. The summed E-state index contributed by atoms with van der Waals surface area (Å²) in [6.45, 7) is 9.34. The molecule has 0 aliphatic rings. The molecule has 0 aromatic carbocycles. The lowest BCUT2D eigenvalue weighted by molar-refractivity contribution is 0.269. The van der Waals surface area contributed by atoms with Gasteiger partial charge in [-0.15, -0.1) is 0 Å². The van der Waals surface area contributed by atoms with Crippen LogP contribution in [0.1, 0.15) is 31.5 Å². The summed E-state index contributed by atoms with van der Waals surface area (Å²) in [5, 5.41) is 8.46. The van der Waals surface area contributed by atoms with E-state index >= 15 is 0 Å². The Bertz CT molecular complexity index is 373. The molecule has 1 N–H and O–H groups in total. The number of aryl methyl sites for hydroxylation is 2. The summed E-state index contributed by atoms with van der Waals surface area (Å²) < 4.78 is 1.72. The summed E-state index contributed by atoms with van der Waals surface area (Å²) in [4.78, 5) is 2.35. The van der Waals surface area contributed by atoms with Crippen molar-refractivity contribution in [1.29, 1.82) is 0 Å². The van der Waals surface area contributed by atoms with Crippen molar-refractivity contribution in [3.8, 4) is 0 Å². The second-order valence-electron chi connectivity index (χ2n) is 5.08. The van der Waals surface area contributed by atoms with Gasteiger partial charge in [-0.25, -0.2) is 0 Å². The Hall–Kier alpha value is -0.580. The SMILES string of the molecule is Cc1nn(C)c(Cl)c1CNCCCN(C)C(C)C. The van der Waals surface area contributed by atoms with E-state index in [1.165, 1.54) is 0 Å². The zero-order valence-corrected chi connectivity index (χ0v) is 12.9. The van der Waals surface area contributed by atoms with Crippen molar-refractivity contribution in [3.05, 3.63) is 16.4 Å². The summed E-state index contributed by atoms with van der Waals surface area (Å²) in [7, 11) is 4.03. The Morgan fingerprint density at radius 2 is 2.11 bits per heavy atom. The van der Waals surface area contributed by atoms with Gasteiger partial charge in [0.05, 0.1) is 5.69 Å². The fraction of sp³-hybridized carbons (Fsp3) is 0.769. The van der Waals surface area contributed by atoms with Crippen molar-refractivity contribution >= 4 is 11.6 Å². The monoisotopic (exact) mass is 272 g/mol. The minimum atomic E-state index is 0.611. The minimum absolute atomic E-state index is 0.611. The number of hydrogen-bond acceptors (Lipinski definition) is 3. The van der Waals surface area contributed by atoms with Crippen molar-refractivity contribution in [1.82, 2.24) is 20.0 Å². The molecule has 0 radical (unpaired) electrons. The van der Waals surface area contributed by atoms with Gasteiger partial charge in [0, 0.05) is 25.2 Å². The molecule has 4 nitrogen and oxygen atoms in total. The van der Waals surface area contributed by atoms with Crippen molar-refractivity contribution in [3.63, 3.8) is 0 Å². The van der Waals surface area contributed by atoms with E-state index in [1.807, 2.05) is 14.0 Å². The molecule has 18 heavy (non-hydrogen) atoms. The third kappa shape index (κ3) is 4.26. The van der Waals surface area contributed by atoms with Crippen LogP contribution in [-0.4, -0.2) is 40.9 Å². The van der Waals surface area contributed by atoms with Crippen molar-refractivity contribution < 1.29 is 0 Å². The first-order chi connectivity index (χ1) is 8.43. The Balaban J connectivity index is 2.26. The quantitative estimate of drug-likeness (QED) is 0.773. The zero-order chi connectivity index (χ0) is 13.7. The first-order valence-electron chi connectivity index (χ1n) is 6.52. The predicted octanol–water partition coefficient (Wildman–Crippen LogP) is 2.20. The van der Waals surface area contributed by atoms with Crippen LogP contribution in [-0.2, 0) is 13.6 Å². The Morgan fingerprint density at radius 3 is 2.61 bits per heavy atom. The number of halogens is 1. The average Bonchev–Trinajstić information content (AvgIpc) is 2.54. The van der Waals surface area contributed by atoms with Crippen LogP contribution in [0.3, 0.4) is 0 Å². The van der Waals surface area contributed by atoms with Crippen molar-refractivity contribution in [2.75, 3.05) is 20.1 Å². The summed E-state index contributed by atoms with van der Waals surface area (Å²) in [6.07, 6.45) is 1.14. The molecule has 1 rings (SSSR count). The molecule has 104 valence electrons. The lowest BCUT2D eigenvalue weighted by Gasteiger charge is -2.20. The van der Waals surface area contributed by atoms with Gasteiger partial charge in [-0.1, -0.05) is 11.6 Å². The van der Waals surface area contributed by atoms with E-state index in [4.69, 9.17) is 11.6 Å². The van der Waals surface area contributed by atoms with E-state index < -0.39 is 0 Å². The van der Waals surface area contributed by atoms with Gasteiger partial charge in [0.2, 0.25) is 0 Å². The molecule has 1 aromatic rings. The van der Waals surface area contributed by atoms with Crippen LogP contribution >= 0.6 is 11.6 Å². The molecule has 0 fully saturated rings. The Labute approximate surface area is 115 Å². The van der Waals surface area contributed by atoms with Crippen LogP contribution in [0.15, 0.2) is 0 Å². The fourth-order valence-corrected chi connectivity index (χ4v) is 2.04. The van der Waals surface area contributed by atoms with Gasteiger partial charge in [0.15, 0.2) is 0 Å². The molecule has 0 amide bonds. The van der Waals surface area contributed by atoms with E-state index in [9.17, 15) is 0 Å². The van der Waals surface area contributed by atoms with Gasteiger partial charge in [0.25, 0.3) is 0 Å². The highest BCUT2D eigenvalue weighted by atomic mass is 35.5. The molecule has 1 heterocycles. The molecular formula is C13H25ClN4. The molecule has 0 spiro atoms. The molecule has 0 atom stereocenters. The van der Waals surface area contributed by atoms with Crippen LogP contribution in [0.2, 0.25) is 5.15 Å². The van der Waals surface area contributed by atoms with Crippen molar-refractivity contribution in [2.24, 2.45) is 7.05 Å². The number of rotatable bonds is 7. The number of aromatic nitrogens is 2. The maximum Gasteiger partial charge on any atom is 0.131 e. The van der Waals surface area contributed by atoms with E-state index in [-0.39, 0.29) is 0 Å². The van der Waals surface area contributed by atoms with Crippen molar-refractivity contribution in [2.45, 2.75) is 39.8 Å². The van der Waals surface area contributed by atoms with E-state index in [0.717, 1.165) is 42.5 Å². The third-order valence-electron chi connectivity index (χ3n) is 3.32. The van der Waals surface area contributed by atoms with Gasteiger partial charge >= 0.3 is 0 Å². The summed E-state index contributed by atoms with van der Waals surface area (Å²) >= 11 is 6.17. The maximum atomic E-state index is 6.17. The predicted molar refractivity (Wildman–Crippen MR) is 77.0 cm³/mol. The second-order valence-corrected chi connectivity index (χ2v) is 5.44. The van der Waals surface area contributed by atoms with Gasteiger partial charge in [-0.2, -0.15) is 5.10 Å². The highest BCUT2D eigenvalue weighted by Gasteiger charge is 2.10. The van der Waals surface area contributed by atoms with E-state index in [2.05, 4.69) is 36.2 Å². The second kappa shape index (κ2) is 7.12. The lowest BCUT2D eigenvalue weighted by Crippen LogP contribution is -2.29. The number of nitrogens with zero attached hydrogens (tertiary/aromatic N) is 3. The molecule has 0 aliphatic carbocycles. The maximum absolute atomic E-state index is 6.17. The van der Waals surface area contributed by atoms with Crippen LogP contribution in [0.5, 0.6) is 0 Å². The minimum Gasteiger partial charge on any atom is -0.312 e. The fourth-order valence-electron chi connectivity index (χ4n) is 1.80. The van der Waals surface area contributed by atoms with Gasteiger partial charge < -0.3 is 10.2 Å². The lowest BCUT2D eigenvalue weighted by atomic mass is 10.2. The topological polar surface area (TPSA) is 33.1 Å². The zero-order valence-electron chi connectivity index (χ0n) is 12.1. The van der Waals surface area contributed by atoms with Crippen LogP contribution in [0.25, 0.3) is 0 Å². The summed E-state index contributed by atoms with van der Waals surface area (Å²) in [5.41, 5.74) is 2.12. The highest BCUT2D eigenvalue weighted by Crippen LogP contribution is 2.17. The first kappa shape index (κ1) is 15.5. The van der Waals surface area contributed by atoms with Gasteiger partial charge in [-0.3, -0.25) is 4.68 Å². The largest absolute Gasteiger partial charge is 0.312 e.